The van der Waals surface area contributed by atoms with Crippen molar-refractivity contribution in [1.29, 1.82) is 0 Å². The zero-order valence-corrected chi connectivity index (χ0v) is 13.1. The van der Waals surface area contributed by atoms with Crippen LogP contribution in [-0.4, -0.2) is 29.8 Å². The normalized spacial score (nSPS) is 14.7. The van der Waals surface area contributed by atoms with Crippen LogP contribution >= 0.6 is 0 Å². The summed E-state index contributed by atoms with van der Waals surface area (Å²) in [5, 5.41) is 2.59. The highest BCUT2D eigenvalue weighted by atomic mass is 16.6. The van der Waals surface area contributed by atoms with E-state index >= 15 is 0 Å². The predicted molar refractivity (Wildman–Crippen MR) is 73.8 cm³/mol. The number of carbonyl (C=O) groups is 2. The highest BCUT2D eigenvalue weighted by Gasteiger charge is 2.31. The first-order valence-corrected chi connectivity index (χ1v) is 6.76. The number of hydrogen-bond acceptors (Lipinski definition) is 4. The molecule has 0 radical (unpaired) electrons. The van der Waals surface area contributed by atoms with E-state index in [1.807, 2.05) is 13.8 Å². The molecule has 0 aromatic rings. The number of hydrogen-bond donors (Lipinski definition) is 1. The third kappa shape index (κ3) is 7.70. The van der Waals surface area contributed by atoms with Gasteiger partial charge in [0.15, 0.2) is 0 Å². The molecule has 0 aromatic carbocycles. The largest absolute Gasteiger partial charge is 0.458 e. The second-order valence-corrected chi connectivity index (χ2v) is 6.00. The summed E-state index contributed by atoms with van der Waals surface area (Å²) < 4.78 is 10.3. The fourth-order valence-electron chi connectivity index (χ4n) is 1.41. The Labute approximate surface area is 116 Å². The van der Waals surface area contributed by atoms with Crippen LogP contribution in [0.2, 0.25) is 0 Å². The molecule has 0 unspecified atom stereocenters. The van der Waals surface area contributed by atoms with Gasteiger partial charge in [-0.3, -0.25) is 0 Å². The summed E-state index contributed by atoms with van der Waals surface area (Å²) in [5.41, 5.74) is -0.577. The molecular weight excluding hydrogens is 246 g/mol. The summed E-state index contributed by atoms with van der Waals surface area (Å²) in [6.07, 6.45) is -0.0614. The minimum atomic E-state index is -0.685. The quantitative estimate of drug-likeness (QED) is 0.782. The molecule has 0 fully saturated rings. The second-order valence-electron chi connectivity index (χ2n) is 6.00. The van der Waals surface area contributed by atoms with E-state index in [-0.39, 0.29) is 12.0 Å². The minimum absolute atomic E-state index is 0.0189. The molecule has 1 amide bonds. The topological polar surface area (TPSA) is 64.6 Å². The fourth-order valence-corrected chi connectivity index (χ4v) is 1.41. The van der Waals surface area contributed by atoms with Gasteiger partial charge in [-0.05, 0) is 40.5 Å². The molecule has 0 saturated carbocycles. The Hall–Kier alpha value is -1.26. The maximum atomic E-state index is 12.1. The van der Waals surface area contributed by atoms with Crippen LogP contribution in [-0.2, 0) is 14.3 Å². The Kier molecular flexibility index (Phi) is 6.87. The minimum Gasteiger partial charge on any atom is -0.458 e. The number of amides is 1. The SMILES string of the molecule is CC[C@H](C)[C@H](NC(=O)OC(C)C)C(=O)OC(C)(C)C. The van der Waals surface area contributed by atoms with Crippen molar-refractivity contribution in [3.05, 3.63) is 0 Å². The molecule has 5 heteroatoms. The summed E-state index contributed by atoms with van der Waals surface area (Å²) in [5.74, 6) is -0.447. The molecule has 0 aliphatic heterocycles. The van der Waals surface area contributed by atoms with Gasteiger partial charge in [0.25, 0.3) is 0 Å². The van der Waals surface area contributed by atoms with E-state index in [2.05, 4.69) is 5.32 Å². The molecular formula is C14H27NO4. The van der Waals surface area contributed by atoms with E-state index in [1.54, 1.807) is 34.6 Å². The van der Waals surface area contributed by atoms with Crippen LogP contribution in [0.5, 0.6) is 0 Å². The molecule has 0 spiro atoms. The van der Waals surface area contributed by atoms with E-state index in [9.17, 15) is 9.59 Å². The Bertz CT molecular complexity index is 307. The molecule has 1 N–H and O–H groups in total. The van der Waals surface area contributed by atoms with Crippen molar-refractivity contribution in [2.75, 3.05) is 0 Å². The molecule has 0 heterocycles. The first kappa shape index (κ1) is 17.7. The number of rotatable bonds is 5. The second kappa shape index (κ2) is 7.36. The monoisotopic (exact) mass is 273 g/mol. The van der Waals surface area contributed by atoms with Crippen LogP contribution < -0.4 is 5.32 Å². The Morgan fingerprint density at radius 1 is 1.16 bits per heavy atom. The van der Waals surface area contributed by atoms with Gasteiger partial charge >= 0.3 is 12.1 Å². The molecule has 0 aromatic heterocycles. The summed E-state index contributed by atoms with van der Waals surface area (Å²) in [6, 6.07) is -0.685. The molecule has 0 rings (SSSR count). The van der Waals surface area contributed by atoms with Gasteiger partial charge in [-0.1, -0.05) is 20.3 Å². The maximum absolute atomic E-state index is 12.1. The van der Waals surface area contributed by atoms with Crippen LogP contribution in [0.25, 0.3) is 0 Å². The zero-order chi connectivity index (χ0) is 15.2. The maximum Gasteiger partial charge on any atom is 0.408 e. The first-order valence-electron chi connectivity index (χ1n) is 6.76. The van der Waals surface area contributed by atoms with Crippen LogP contribution in [0.3, 0.4) is 0 Å². The van der Waals surface area contributed by atoms with Gasteiger partial charge in [0.1, 0.15) is 11.6 Å². The van der Waals surface area contributed by atoms with Crippen LogP contribution in [0.4, 0.5) is 4.79 Å². The van der Waals surface area contributed by atoms with Gasteiger partial charge in [0, 0.05) is 0 Å². The smallest absolute Gasteiger partial charge is 0.408 e. The van der Waals surface area contributed by atoms with E-state index < -0.39 is 23.7 Å². The summed E-state index contributed by atoms with van der Waals surface area (Å²) in [4.78, 5) is 23.7. The molecule has 19 heavy (non-hydrogen) atoms. The van der Waals surface area contributed by atoms with Crippen molar-refractivity contribution in [2.24, 2.45) is 5.92 Å². The van der Waals surface area contributed by atoms with Crippen molar-refractivity contribution >= 4 is 12.1 Å². The van der Waals surface area contributed by atoms with Gasteiger partial charge in [-0.25, -0.2) is 9.59 Å². The lowest BCUT2D eigenvalue weighted by Crippen LogP contribution is -2.48. The van der Waals surface area contributed by atoms with E-state index in [0.717, 1.165) is 6.42 Å². The molecule has 0 aliphatic rings. The van der Waals surface area contributed by atoms with E-state index in [0.29, 0.717) is 0 Å². The third-order valence-corrected chi connectivity index (χ3v) is 2.49. The van der Waals surface area contributed by atoms with Gasteiger partial charge in [-0.15, -0.1) is 0 Å². The fraction of sp³-hybridized carbons (Fsp3) is 0.857. The molecule has 112 valence electrons. The lowest BCUT2D eigenvalue weighted by molar-refractivity contribution is -0.158. The van der Waals surface area contributed by atoms with Crippen LogP contribution in [0, 0.1) is 5.92 Å². The van der Waals surface area contributed by atoms with Gasteiger partial charge < -0.3 is 14.8 Å². The van der Waals surface area contributed by atoms with Crippen molar-refractivity contribution in [2.45, 2.75) is 72.6 Å². The average Bonchev–Trinajstić information content (AvgIpc) is 2.21. The molecule has 0 bridgehead atoms. The van der Waals surface area contributed by atoms with Crippen molar-refractivity contribution in [1.82, 2.24) is 5.32 Å². The zero-order valence-electron chi connectivity index (χ0n) is 13.1. The van der Waals surface area contributed by atoms with Crippen molar-refractivity contribution < 1.29 is 19.1 Å². The average molecular weight is 273 g/mol. The Morgan fingerprint density at radius 2 is 1.68 bits per heavy atom. The summed E-state index contributed by atoms with van der Waals surface area (Å²) >= 11 is 0. The van der Waals surface area contributed by atoms with Crippen LogP contribution in [0.1, 0.15) is 54.9 Å². The van der Waals surface area contributed by atoms with Gasteiger partial charge in [0.2, 0.25) is 0 Å². The van der Waals surface area contributed by atoms with Gasteiger partial charge in [0.05, 0.1) is 6.10 Å². The number of ether oxygens (including phenoxy) is 2. The number of carbonyl (C=O) groups excluding carboxylic acids is 2. The summed E-state index contributed by atoms with van der Waals surface area (Å²) in [7, 11) is 0. The van der Waals surface area contributed by atoms with Crippen molar-refractivity contribution in [3.63, 3.8) is 0 Å². The lowest BCUT2D eigenvalue weighted by Gasteiger charge is -2.27. The Morgan fingerprint density at radius 3 is 2.05 bits per heavy atom. The number of alkyl carbamates (subject to hydrolysis) is 1. The van der Waals surface area contributed by atoms with Crippen molar-refractivity contribution in [3.8, 4) is 0 Å². The van der Waals surface area contributed by atoms with E-state index in [4.69, 9.17) is 9.47 Å². The lowest BCUT2D eigenvalue weighted by atomic mass is 9.99. The molecule has 0 aliphatic carbocycles. The standard InChI is InChI=1S/C14H27NO4/c1-8-10(4)11(12(16)19-14(5,6)7)15-13(17)18-9(2)3/h9-11H,8H2,1-7H3,(H,15,17)/t10-,11-/m0/s1. The first-order chi connectivity index (χ1) is 8.56. The highest BCUT2D eigenvalue weighted by Crippen LogP contribution is 2.15. The highest BCUT2D eigenvalue weighted by molar-refractivity contribution is 5.81. The van der Waals surface area contributed by atoms with Crippen LogP contribution in [0.15, 0.2) is 0 Å². The number of nitrogens with one attached hydrogen (secondary N) is 1. The van der Waals surface area contributed by atoms with Gasteiger partial charge in [-0.2, -0.15) is 0 Å². The number of esters is 1. The molecule has 0 saturated heterocycles. The predicted octanol–water partition coefficient (Wildman–Crippen LogP) is 2.88. The third-order valence-electron chi connectivity index (χ3n) is 2.49. The molecule has 2 atom stereocenters. The summed E-state index contributed by atoms with van der Waals surface area (Å²) in [6.45, 7) is 12.7. The Balaban J connectivity index is 4.73. The van der Waals surface area contributed by atoms with E-state index in [1.165, 1.54) is 0 Å². The molecule has 5 nitrogen and oxygen atoms in total.